The molecule has 24 heavy (non-hydrogen) atoms. The summed E-state index contributed by atoms with van der Waals surface area (Å²) in [5, 5.41) is 4.00. The van der Waals surface area contributed by atoms with Crippen molar-refractivity contribution in [3.63, 3.8) is 0 Å². The fourth-order valence-electron chi connectivity index (χ4n) is 2.09. The van der Waals surface area contributed by atoms with E-state index in [1.807, 2.05) is 0 Å². The Balaban J connectivity index is 1.94. The average Bonchev–Trinajstić information content (AvgIpc) is 3.09. The van der Waals surface area contributed by atoms with Crippen molar-refractivity contribution in [1.82, 2.24) is 14.8 Å². The lowest BCUT2D eigenvalue weighted by atomic mass is 10.2. The lowest BCUT2D eigenvalue weighted by Gasteiger charge is -2.12. The zero-order valence-electron chi connectivity index (χ0n) is 12.3. The molecule has 0 aliphatic rings. The first-order valence-electron chi connectivity index (χ1n) is 6.84. The van der Waals surface area contributed by atoms with Crippen molar-refractivity contribution < 1.29 is 13.2 Å². The molecule has 122 valence electrons. The molecule has 3 aromatic rings. The van der Waals surface area contributed by atoms with Gasteiger partial charge in [-0.15, -0.1) is 0 Å². The van der Waals surface area contributed by atoms with Gasteiger partial charge in [0.1, 0.15) is 12.7 Å². The number of rotatable bonds is 5. The number of benzene rings is 2. The van der Waals surface area contributed by atoms with Crippen LogP contribution in [0.15, 0.2) is 66.1 Å². The normalized spacial score (nSPS) is 11.2. The molecule has 0 atom stereocenters. The lowest BCUT2D eigenvalue weighted by molar-refractivity contribution is 0.1000. The highest BCUT2D eigenvalue weighted by molar-refractivity contribution is 7.92. The average molecular weight is 343 g/mol. The van der Waals surface area contributed by atoms with E-state index >= 15 is 0 Å². The first-order chi connectivity index (χ1) is 11.5. The van der Waals surface area contributed by atoms with Crippen LogP contribution in [-0.2, 0) is 10.0 Å². The molecular formula is C15H13N5O3S. The van der Waals surface area contributed by atoms with Gasteiger partial charge in [-0.2, -0.15) is 5.10 Å². The van der Waals surface area contributed by atoms with Crippen LogP contribution < -0.4 is 10.5 Å². The number of carbonyl (C=O) groups is 1. The van der Waals surface area contributed by atoms with Gasteiger partial charge in [0, 0.05) is 5.56 Å². The van der Waals surface area contributed by atoms with Gasteiger partial charge in [-0.3, -0.25) is 9.52 Å². The maximum atomic E-state index is 12.5. The van der Waals surface area contributed by atoms with E-state index in [4.69, 9.17) is 5.73 Å². The Morgan fingerprint density at radius 3 is 2.42 bits per heavy atom. The van der Waals surface area contributed by atoms with Crippen molar-refractivity contribution in [2.24, 2.45) is 5.73 Å². The predicted molar refractivity (Wildman–Crippen MR) is 87.1 cm³/mol. The van der Waals surface area contributed by atoms with Gasteiger partial charge in [-0.1, -0.05) is 12.1 Å². The molecule has 3 rings (SSSR count). The van der Waals surface area contributed by atoms with E-state index in [2.05, 4.69) is 14.8 Å². The van der Waals surface area contributed by atoms with Crippen LogP contribution in [-0.4, -0.2) is 29.1 Å². The molecule has 0 bridgehead atoms. The molecule has 9 heteroatoms. The maximum absolute atomic E-state index is 12.5. The Morgan fingerprint density at radius 2 is 1.79 bits per heavy atom. The second-order valence-corrected chi connectivity index (χ2v) is 6.53. The van der Waals surface area contributed by atoms with Crippen LogP contribution in [0.5, 0.6) is 0 Å². The summed E-state index contributed by atoms with van der Waals surface area (Å²) < 4.78 is 29.0. The Hall–Kier alpha value is -3.20. The third kappa shape index (κ3) is 3.10. The molecule has 0 unspecified atom stereocenters. The monoisotopic (exact) mass is 343 g/mol. The first kappa shape index (κ1) is 15.7. The van der Waals surface area contributed by atoms with Crippen LogP contribution in [0.3, 0.4) is 0 Å². The number of primary amides is 1. The molecule has 1 amide bonds. The maximum Gasteiger partial charge on any atom is 0.261 e. The van der Waals surface area contributed by atoms with Gasteiger partial charge in [-0.05, 0) is 36.4 Å². The molecule has 2 aromatic carbocycles. The van der Waals surface area contributed by atoms with Crippen molar-refractivity contribution in [3.8, 4) is 5.69 Å². The Bertz CT molecular complexity index is 967. The van der Waals surface area contributed by atoms with Crippen molar-refractivity contribution >= 4 is 21.6 Å². The number of carbonyl (C=O) groups excluding carboxylic acids is 1. The number of hydrogen-bond acceptors (Lipinski definition) is 5. The summed E-state index contributed by atoms with van der Waals surface area (Å²) >= 11 is 0. The molecule has 1 aromatic heterocycles. The van der Waals surface area contributed by atoms with Crippen LogP contribution in [0, 0.1) is 0 Å². The summed E-state index contributed by atoms with van der Waals surface area (Å²) in [7, 11) is -3.83. The van der Waals surface area contributed by atoms with E-state index in [1.54, 1.807) is 24.3 Å². The number of para-hydroxylation sites is 2. The Labute approximate surface area is 138 Å². The molecule has 0 saturated heterocycles. The fourth-order valence-corrected chi connectivity index (χ4v) is 3.17. The molecular weight excluding hydrogens is 330 g/mol. The number of nitrogens with zero attached hydrogens (tertiary/aromatic N) is 3. The zero-order chi connectivity index (χ0) is 17.2. The second kappa shape index (κ2) is 6.13. The minimum atomic E-state index is -3.83. The van der Waals surface area contributed by atoms with Crippen molar-refractivity contribution in [2.45, 2.75) is 4.90 Å². The minimum absolute atomic E-state index is 0.0147. The summed E-state index contributed by atoms with van der Waals surface area (Å²) in [6.07, 6.45) is 2.82. The summed E-state index contributed by atoms with van der Waals surface area (Å²) in [5.74, 6) is -0.622. The molecule has 1 heterocycles. The van der Waals surface area contributed by atoms with Gasteiger partial charge in [0.2, 0.25) is 5.91 Å². The molecule has 0 radical (unpaired) electrons. The number of anilines is 1. The van der Waals surface area contributed by atoms with E-state index in [1.165, 1.54) is 41.6 Å². The lowest BCUT2D eigenvalue weighted by Crippen LogP contribution is -2.16. The van der Waals surface area contributed by atoms with Gasteiger partial charge in [0.25, 0.3) is 10.0 Å². The first-order valence-corrected chi connectivity index (χ1v) is 8.32. The van der Waals surface area contributed by atoms with Crippen molar-refractivity contribution in [3.05, 3.63) is 66.7 Å². The predicted octanol–water partition coefficient (Wildman–Crippen LogP) is 1.17. The molecule has 0 saturated carbocycles. The number of aromatic nitrogens is 3. The minimum Gasteiger partial charge on any atom is -0.366 e. The molecule has 0 spiro atoms. The van der Waals surface area contributed by atoms with Gasteiger partial charge < -0.3 is 5.73 Å². The highest BCUT2D eigenvalue weighted by Gasteiger charge is 2.17. The van der Waals surface area contributed by atoms with Crippen LogP contribution >= 0.6 is 0 Å². The van der Waals surface area contributed by atoms with Gasteiger partial charge in [0.15, 0.2) is 0 Å². The van der Waals surface area contributed by atoms with E-state index in [-0.39, 0.29) is 10.5 Å². The number of nitrogens with two attached hydrogens (primary N) is 1. The summed E-state index contributed by atoms with van der Waals surface area (Å²) in [5.41, 5.74) is 6.27. The topological polar surface area (TPSA) is 120 Å². The standard InChI is InChI=1S/C15H13N5O3S/c16-15(21)11-5-7-12(8-6-11)24(22,23)19-13-3-1-2-4-14(13)20-10-17-9-18-20/h1-10,19H,(H2,16,21). The van der Waals surface area contributed by atoms with E-state index in [0.29, 0.717) is 11.4 Å². The van der Waals surface area contributed by atoms with Crippen LogP contribution in [0.4, 0.5) is 5.69 Å². The van der Waals surface area contributed by atoms with Gasteiger partial charge >= 0.3 is 0 Å². The zero-order valence-corrected chi connectivity index (χ0v) is 13.1. The third-order valence-corrected chi connectivity index (χ3v) is 4.64. The Morgan fingerprint density at radius 1 is 1.08 bits per heavy atom. The molecule has 0 aliphatic carbocycles. The molecule has 8 nitrogen and oxygen atoms in total. The highest BCUT2D eigenvalue weighted by atomic mass is 32.2. The van der Waals surface area contributed by atoms with Gasteiger partial charge in [-0.25, -0.2) is 18.1 Å². The van der Waals surface area contributed by atoms with E-state index in [9.17, 15) is 13.2 Å². The number of nitrogens with one attached hydrogen (secondary N) is 1. The number of sulfonamides is 1. The summed E-state index contributed by atoms with van der Waals surface area (Å²) in [4.78, 5) is 14.9. The van der Waals surface area contributed by atoms with Crippen molar-refractivity contribution in [2.75, 3.05) is 4.72 Å². The number of hydrogen-bond donors (Lipinski definition) is 2. The largest absolute Gasteiger partial charge is 0.366 e. The second-order valence-electron chi connectivity index (χ2n) is 4.85. The van der Waals surface area contributed by atoms with Crippen LogP contribution in [0.2, 0.25) is 0 Å². The number of amides is 1. The van der Waals surface area contributed by atoms with Crippen LogP contribution in [0.25, 0.3) is 5.69 Å². The van der Waals surface area contributed by atoms with E-state index < -0.39 is 15.9 Å². The smallest absolute Gasteiger partial charge is 0.261 e. The Kier molecular flexibility index (Phi) is 4.00. The molecule has 0 aliphatic heterocycles. The summed E-state index contributed by atoms with van der Waals surface area (Å²) in [6.45, 7) is 0. The molecule has 3 N–H and O–H groups in total. The quantitative estimate of drug-likeness (QED) is 0.720. The summed E-state index contributed by atoms with van der Waals surface area (Å²) in [6, 6.07) is 12.2. The molecule has 0 fully saturated rings. The third-order valence-electron chi connectivity index (χ3n) is 3.26. The van der Waals surface area contributed by atoms with E-state index in [0.717, 1.165) is 0 Å². The van der Waals surface area contributed by atoms with Crippen LogP contribution in [0.1, 0.15) is 10.4 Å². The van der Waals surface area contributed by atoms with Gasteiger partial charge in [0.05, 0.1) is 16.3 Å². The SMILES string of the molecule is NC(=O)c1ccc(S(=O)(=O)Nc2ccccc2-n2cncn2)cc1. The fraction of sp³-hybridized carbons (Fsp3) is 0. The highest BCUT2D eigenvalue weighted by Crippen LogP contribution is 2.22. The van der Waals surface area contributed by atoms with Crippen molar-refractivity contribution in [1.29, 1.82) is 0 Å².